The molecular formula is C27H29F3N8O. The molecule has 2 unspecified atom stereocenters. The van der Waals surface area contributed by atoms with E-state index in [4.69, 9.17) is 10.5 Å². The standard InChI is InChI=1S/C27H29F3N8O/c1-32-23-16-6-8-17(20(23)22(31)21-24(14-4-5-14)34-13-35-26(21)39-3)38(11-16)19-9-7-15(10-33-19)25-36-18(12-37(25)2)27(28,29)30/h7,9-10,12-14,16-17H,4-6,8,11,31H2,1-3H3/b22-20-,32-23?. The summed E-state index contributed by atoms with van der Waals surface area (Å²) >= 11 is 0. The summed E-state index contributed by atoms with van der Waals surface area (Å²) in [5.74, 6) is 1.89. The minimum Gasteiger partial charge on any atom is -0.480 e. The molecule has 204 valence electrons. The minimum absolute atomic E-state index is 0.0750. The molecule has 4 aliphatic rings. The first-order valence-electron chi connectivity index (χ1n) is 12.9. The molecule has 3 aromatic heterocycles. The zero-order valence-corrected chi connectivity index (χ0v) is 21.9. The third-order valence-corrected chi connectivity index (χ3v) is 7.84. The molecule has 2 aliphatic heterocycles. The molecule has 2 bridgehead atoms. The predicted octanol–water partition coefficient (Wildman–Crippen LogP) is 4.22. The molecule has 2 saturated heterocycles. The van der Waals surface area contributed by atoms with Gasteiger partial charge in [0.1, 0.15) is 18.0 Å². The lowest BCUT2D eigenvalue weighted by molar-refractivity contribution is -0.140. The van der Waals surface area contributed by atoms with Crippen LogP contribution in [-0.4, -0.2) is 57.0 Å². The number of fused-ring (bicyclic) bond motifs is 3. The normalized spacial score (nSPS) is 23.4. The highest BCUT2D eigenvalue weighted by Gasteiger charge is 2.44. The number of methoxy groups -OCH3 is 1. The van der Waals surface area contributed by atoms with Crippen LogP contribution in [0.15, 0.2) is 41.4 Å². The number of pyridine rings is 1. The summed E-state index contributed by atoms with van der Waals surface area (Å²) in [7, 11) is 4.92. The zero-order valence-electron chi connectivity index (χ0n) is 21.9. The van der Waals surface area contributed by atoms with Gasteiger partial charge >= 0.3 is 6.18 Å². The molecule has 3 aromatic rings. The van der Waals surface area contributed by atoms with Gasteiger partial charge in [-0.2, -0.15) is 13.2 Å². The van der Waals surface area contributed by atoms with E-state index in [1.807, 2.05) is 6.07 Å². The number of anilines is 1. The number of nitrogens with zero attached hydrogens (tertiary/aromatic N) is 7. The highest BCUT2D eigenvalue weighted by molar-refractivity contribution is 6.11. The van der Waals surface area contributed by atoms with E-state index in [1.54, 1.807) is 26.4 Å². The van der Waals surface area contributed by atoms with Gasteiger partial charge in [0, 0.05) is 61.7 Å². The molecule has 5 heterocycles. The van der Waals surface area contributed by atoms with E-state index in [2.05, 4.69) is 29.8 Å². The summed E-state index contributed by atoms with van der Waals surface area (Å²) in [6, 6.07) is 3.51. The molecule has 2 aliphatic carbocycles. The summed E-state index contributed by atoms with van der Waals surface area (Å²) in [5, 5.41) is 0. The second-order valence-electron chi connectivity index (χ2n) is 10.3. The lowest BCUT2D eigenvalue weighted by atomic mass is 9.73. The minimum atomic E-state index is -4.51. The Morgan fingerprint density at radius 1 is 1.10 bits per heavy atom. The van der Waals surface area contributed by atoms with Crippen molar-refractivity contribution in [3.8, 4) is 17.3 Å². The first-order valence-corrected chi connectivity index (χ1v) is 12.9. The van der Waals surface area contributed by atoms with Gasteiger partial charge in [-0.25, -0.2) is 19.9 Å². The van der Waals surface area contributed by atoms with E-state index in [9.17, 15) is 13.2 Å². The molecule has 0 radical (unpaired) electrons. The molecule has 7 rings (SSSR count). The fraction of sp³-hybridized carbons (Fsp3) is 0.444. The van der Waals surface area contributed by atoms with E-state index < -0.39 is 11.9 Å². The van der Waals surface area contributed by atoms with Crippen molar-refractivity contribution in [2.75, 3.05) is 25.6 Å². The van der Waals surface area contributed by atoms with Crippen LogP contribution in [0.1, 0.15) is 48.6 Å². The lowest BCUT2D eigenvalue weighted by Crippen LogP contribution is -2.55. The topological polar surface area (TPSA) is 107 Å². The lowest BCUT2D eigenvalue weighted by Gasteiger charge is -2.48. The predicted molar refractivity (Wildman–Crippen MR) is 140 cm³/mol. The van der Waals surface area contributed by atoms with E-state index >= 15 is 0 Å². The van der Waals surface area contributed by atoms with Gasteiger partial charge in [0.15, 0.2) is 5.69 Å². The van der Waals surface area contributed by atoms with Crippen LogP contribution in [0.5, 0.6) is 5.88 Å². The number of hydrogen-bond donors (Lipinski definition) is 1. The molecule has 39 heavy (non-hydrogen) atoms. The third kappa shape index (κ3) is 4.31. The number of piperidine rings is 2. The quantitative estimate of drug-likeness (QED) is 0.518. The summed E-state index contributed by atoms with van der Waals surface area (Å²) in [6.07, 6.45) is 3.52. The zero-order chi connectivity index (χ0) is 27.5. The number of imidazole rings is 1. The van der Waals surface area contributed by atoms with Crippen molar-refractivity contribution < 1.29 is 17.9 Å². The van der Waals surface area contributed by atoms with Crippen LogP contribution in [-0.2, 0) is 13.2 Å². The summed E-state index contributed by atoms with van der Waals surface area (Å²) < 4.78 is 46.4. The summed E-state index contributed by atoms with van der Waals surface area (Å²) in [6.45, 7) is 0.721. The van der Waals surface area contributed by atoms with Crippen LogP contribution in [0.25, 0.3) is 17.1 Å². The molecule has 12 heteroatoms. The van der Waals surface area contributed by atoms with E-state index in [-0.39, 0.29) is 17.8 Å². The maximum Gasteiger partial charge on any atom is 0.434 e. The number of aryl methyl sites for hydroxylation is 1. The first-order chi connectivity index (χ1) is 18.7. The van der Waals surface area contributed by atoms with Crippen LogP contribution < -0.4 is 15.4 Å². The van der Waals surface area contributed by atoms with Gasteiger partial charge in [-0.1, -0.05) is 0 Å². The summed E-state index contributed by atoms with van der Waals surface area (Å²) in [4.78, 5) is 24.2. The van der Waals surface area contributed by atoms with E-state index in [1.165, 1.54) is 17.9 Å². The molecule has 4 fully saturated rings. The van der Waals surface area contributed by atoms with Crippen LogP contribution in [0, 0.1) is 5.92 Å². The smallest absolute Gasteiger partial charge is 0.434 e. The van der Waals surface area contributed by atoms with Crippen molar-refractivity contribution in [1.82, 2.24) is 24.5 Å². The molecule has 9 nitrogen and oxygen atoms in total. The maximum atomic E-state index is 13.2. The van der Waals surface area contributed by atoms with Crippen molar-refractivity contribution >= 4 is 17.2 Å². The SMILES string of the molecule is CN=C1/C(=C(\N)c2c(OC)ncnc2C2CC2)C2CCC1CN2c1ccc(-c2nc(C(F)(F)F)cn2C)cn1. The van der Waals surface area contributed by atoms with Gasteiger partial charge in [0.25, 0.3) is 0 Å². The van der Waals surface area contributed by atoms with Crippen molar-refractivity contribution in [3.63, 3.8) is 0 Å². The second-order valence-corrected chi connectivity index (χ2v) is 10.3. The highest BCUT2D eigenvalue weighted by Crippen LogP contribution is 2.46. The number of alkyl halides is 3. The fourth-order valence-corrected chi connectivity index (χ4v) is 5.91. The molecule has 2 N–H and O–H groups in total. The van der Waals surface area contributed by atoms with Crippen LogP contribution >= 0.6 is 0 Å². The van der Waals surface area contributed by atoms with Crippen LogP contribution in [0.3, 0.4) is 0 Å². The number of aromatic nitrogens is 5. The molecular weight excluding hydrogens is 509 g/mol. The number of rotatable bonds is 5. The van der Waals surface area contributed by atoms with Crippen molar-refractivity contribution in [1.29, 1.82) is 0 Å². The number of nitrogens with two attached hydrogens (primary N) is 1. The number of halogens is 3. The Kier molecular flexibility index (Phi) is 6.07. The Morgan fingerprint density at radius 2 is 1.87 bits per heavy atom. The molecule has 0 aromatic carbocycles. The maximum absolute atomic E-state index is 13.2. The Hall–Kier alpha value is -3.96. The monoisotopic (exact) mass is 538 g/mol. The Bertz CT molecular complexity index is 1470. The largest absolute Gasteiger partial charge is 0.480 e. The molecule has 2 saturated carbocycles. The Balaban J connectivity index is 1.38. The number of hydrogen-bond acceptors (Lipinski definition) is 8. The van der Waals surface area contributed by atoms with Gasteiger partial charge in [-0.3, -0.25) is 4.99 Å². The summed E-state index contributed by atoms with van der Waals surface area (Å²) in [5.41, 5.74) is 10.7. The van der Waals surface area contributed by atoms with Crippen molar-refractivity contribution in [3.05, 3.63) is 53.4 Å². The molecule has 2 atom stereocenters. The van der Waals surface area contributed by atoms with Gasteiger partial charge in [-0.15, -0.1) is 0 Å². The highest BCUT2D eigenvalue weighted by atomic mass is 19.4. The number of aliphatic imine (C=N–C) groups is 1. The van der Waals surface area contributed by atoms with Gasteiger partial charge in [0.05, 0.1) is 30.1 Å². The van der Waals surface area contributed by atoms with Crippen LogP contribution in [0.4, 0.5) is 19.0 Å². The number of ether oxygens (including phenoxy) is 1. The Morgan fingerprint density at radius 3 is 2.49 bits per heavy atom. The molecule has 0 amide bonds. The third-order valence-electron chi connectivity index (χ3n) is 7.84. The fourth-order valence-electron chi connectivity index (χ4n) is 5.91. The van der Waals surface area contributed by atoms with E-state index in [0.717, 1.165) is 66.8 Å². The second kappa shape index (κ2) is 9.35. The Labute approximate surface area is 223 Å². The average molecular weight is 539 g/mol. The van der Waals surface area contributed by atoms with Gasteiger partial charge < -0.3 is 19.9 Å². The van der Waals surface area contributed by atoms with Gasteiger partial charge in [0.2, 0.25) is 5.88 Å². The molecule has 0 spiro atoms. The van der Waals surface area contributed by atoms with Crippen molar-refractivity contribution in [2.45, 2.75) is 43.8 Å². The first kappa shape index (κ1) is 25.3. The van der Waals surface area contributed by atoms with E-state index in [0.29, 0.717) is 23.1 Å². The average Bonchev–Trinajstić information content (AvgIpc) is 3.72. The van der Waals surface area contributed by atoms with Gasteiger partial charge in [-0.05, 0) is 37.8 Å². The van der Waals surface area contributed by atoms with Crippen molar-refractivity contribution in [2.24, 2.45) is 23.7 Å². The van der Waals surface area contributed by atoms with Crippen LogP contribution in [0.2, 0.25) is 0 Å².